The van der Waals surface area contributed by atoms with Gasteiger partial charge in [-0.3, -0.25) is 0 Å². The highest BCUT2D eigenvalue weighted by Crippen LogP contribution is 2.35. The Morgan fingerprint density at radius 2 is 2.21 bits per heavy atom. The van der Waals surface area contributed by atoms with E-state index in [2.05, 4.69) is 19.2 Å². The van der Waals surface area contributed by atoms with Crippen LogP contribution in [0, 0.1) is 17.7 Å². The first kappa shape index (κ1) is 14.8. The standard InChI is InChI=1S/C16H23ClFN/c1-3-19-16(14-6-4-5-11(14)2)10-12-9-13(18)7-8-15(12)17/h7-9,11,14,16,19H,3-6,10H2,1-2H3. The summed E-state index contributed by atoms with van der Waals surface area (Å²) in [5, 5.41) is 4.24. The van der Waals surface area contributed by atoms with Gasteiger partial charge >= 0.3 is 0 Å². The van der Waals surface area contributed by atoms with Crippen LogP contribution in [0.2, 0.25) is 5.02 Å². The van der Waals surface area contributed by atoms with Crippen molar-refractivity contribution in [2.24, 2.45) is 11.8 Å². The molecule has 3 unspecified atom stereocenters. The van der Waals surface area contributed by atoms with E-state index in [1.54, 1.807) is 12.1 Å². The predicted octanol–water partition coefficient (Wildman–Crippen LogP) is 4.44. The van der Waals surface area contributed by atoms with E-state index in [0.29, 0.717) is 17.0 Å². The van der Waals surface area contributed by atoms with Crippen molar-refractivity contribution in [3.63, 3.8) is 0 Å². The molecule has 3 heteroatoms. The lowest BCUT2D eigenvalue weighted by Crippen LogP contribution is -2.39. The summed E-state index contributed by atoms with van der Waals surface area (Å²) < 4.78 is 13.4. The number of hydrogen-bond acceptors (Lipinski definition) is 1. The molecule has 0 aromatic heterocycles. The molecule has 1 aliphatic rings. The van der Waals surface area contributed by atoms with E-state index < -0.39 is 0 Å². The lowest BCUT2D eigenvalue weighted by Gasteiger charge is -2.28. The third-order valence-corrected chi connectivity index (χ3v) is 4.73. The highest BCUT2D eigenvalue weighted by molar-refractivity contribution is 6.31. The van der Waals surface area contributed by atoms with E-state index >= 15 is 0 Å². The van der Waals surface area contributed by atoms with Crippen LogP contribution in [0.4, 0.5) is 4.39 Å². The van der Waals surface area contributed by atoms with Crippen LogP contribution >= 0.6 is 11.6 Å². The maximum Gasteiger partial charge on any atom is 0.123 e. The summed E-state index contributed by atoms with van der Waals surface area (Å²) in [4.78, 5) is 0. The molecule has 1 aromatic carbocycles. The lowest BCUT2D eigenvalue weighted by atomic mass is 9.86. The summed E-state index contributed by atoms with van der Waals surface area (Å²) in [6, 6.07) is 5.06. The second-order valence-electron chi connectivity index (χ2n) is 5.68. The topological polar surface area (TPSA) is 12.0 Å². The van der Waals surface area contributed by atoms with Gasteiger partial charge in [0.05, 0.1) is 0 Å². The van der Waals surface area contributed by atoms with Crippen LogP contribution in [-0.2, 0) is 6.42 Å². The molecule has 1 N–H and O–H groups in total. The second-order valence-corrected chi connectivity index (χ2v) is 6.08. The molecule has 1 fully saturated rings. The fraction of sp³-hybridized carbons (Fsp3) is 0.625. The van der Waals surface area contributed by atoms with Crippen LogP contribution in [0.3, 0.4) is 0 Å². The summed E-state index contributed by atoms with van der Waals surface area (Å²) in [6.07, 6.45) is 4.71. The first-order valence-corrected chi connectivity index (χ1v) is 7.67. The van der Waals surface area contributed by atoms with Gasteiger partial charge in [-0.15, -0.1) is 0 Å². The van der Waals surface area contributed by atoms with Gasteiger partial charge in [-0.05, 0) is 55.0 Å². The van der Waals surface area contributed by atoms with Crippen molar-refractivity contribution in [1.82, 2.24) is 5.32 Å². The van der Waals surface area contributed by atoms with Crippen molar-refractivity contribution in [2.75, 3.05) is 6.54 Å². The minimum absolute atomic E-state index is 0.200. The zero-order chi connectivity index (χ0) is 13.8. The third-order valence-electron chi connectivity index (χ3n) is 4.36. The van der Waals surface area contributed by atoms with Crippen molar-refractivity contribution in [3.05, 3.63) is 34.6 Å². The highest BCUT2D eigenvalue weighted by atomic mass is 35.5. The Morgan fingerprint density at radius 3 is 2.84 bits per heavy atom. The zero-order valence-corrected chi connectivity index (χ0v) is 12.5. The van der Waals surface area contributed by atoms with E-state index in [4.69, 9.17) is 11.6 Å². The Morgan fingerprint density at radius 1 is 1.42 bits per heavy atom. The molecule has 1 aromatic rings. The number of halogens is 2. The maximum absolute atomic E-state index is 13.4. The van der Waals surface area contributed by atoms with Gasteiger partial charge in [-0.25, -0.2) is 4.39 Å². The van der Waals surface area contributed by atoms with E-state index in [1.807, 2.05) is 0 Å². The average molecular weight is 284 g/mol. The van der Waals surface area contributed by atoms with Crippen LogP contribution in [-0.4, -0.2) is 12.6 Å². The zero-order valence-electron chi connectivity index (χ0n) is 11.8. The highest BCUT2D eigenvalue weighted by Gasteiger charge is 2.30. The molecule has 0 saturated heterocycles. The van der Waals surface area contributed by atoms with E-state index in [0.717, 1.165) is 24.4 Å². The summed E-state index contributed by atoms with van der Waals surface area (Å²) in [7, 11) is 0. The van der Waals surface area contributed by atoms with Crippen LogP contribution in [0.5, 0.6) is 0 Å². The van der Waals surface area contributed by atoms with Gasteiger partial charge < -0.3 is 5.32 Å². The van der Waals surface area contributed by atoms with E-state index in [-0.39, 0.29) is 5.82 Å². The first-order chi connectivity index (χ1) is 9.11. The van der Waals surface area contributed by atoms with Crippen molar-refractivity contribution in [3.8, 4) is 0 Å². The molecule has 0 bridgehead atoms. The summed E-state index contributed by atoms with van der Waals surface area (Å²) in [6.45, 7) is 5.40. The molecule has 1 saturated carbocycles. The smallest absolute Gasteiger partial charge is 0.123 e. The first-order valence-electron chi connectivity index (χ1n) is 7.29. The molecule has 19 heavy (non-hydrogen) atoms. The number of nitrogens with one attached hydrogen (secondary N) is 1. The Bertz CT molecular complexity index is 421. The van der Waals surface area contributed by atoms with Gasteiger partial charge in [0.1, 0.15) is 5.82 Å². The molecule has 1 aliphatic carbocycles. The number of rotatable bonds is 5. The predicted molar refractivity (Wildman–Crippen MR) is 79.1 cm³/mol. The number of hydrogen-bond donors (Lipinski definition) is 1. The van der Waals surface area contributed by atoms with Gasteiger partial charge in [-0.1, -0.05) is 38.3 Å². The molecule has 0 heterocycles. The molecular formula is C16H23ClFN. The number of likely N-dealkylation sites (N-methyl/N-ethyl adjacent to an activating group) is 1. The summed E-state index contributed by atoms with van der Waals surface area (Å²) in [5.74, 6) is 1.23. The van der Waals surface area contributed by atoms with Gasteiger partial charge in [0.25, 0.3) is 0 Å². The van der Waals surface area contributed by atoms with E-state index in [9.17, 15) is 4.39 Å². The van der Waals surface area contributed by atoms with Crippen LogP contribution < -0.4 is 5.32 Å². The Labute approximate surface area is 120 Å². The molecule has 106 valence electrons. The Kier molecular flexibility index (Phi) is 5.23. The fourth-order valence-electron chi connectivity index (χ4n) is 3.35. The van der Waals surface area contributed by atoms with Crippen molar-refractivity contribution < 1.29 is 4.39 Å². The SMILES string of the molecule is CCNC(Cc1cc(F)ccc1Cl)C1CCCC1C. The fourth-order valence-corrected chi connectivity index (χ4v) is 3.54. The largest absolute Gasteiger partial charge is 0.314 e. The molecular weight excluding hydrogens is 261 g/mol. The molecule has 0 spiro atoms. The molecule has 2 rings (SSSR count). The summed E-state index contributed by atoms with van der Waals surface area (Å²) >= 11 is 6.19. The van der Waals surface area contributed by atoms with Gasteiger partial charge in [0.15, 0.2) is 0 Å². The maximum atomic E-state index is 13.4. The van der Waals surface area contributed by atoms with Crippen molar-refractivity contribution >= 4 is 11.6 Å². The Balaban J connectivity index is 2.13. The number of benzene rings is 1. The summed E-state index contributed by atoms with van der Waals surface area (Å²) in [5.41, 5.74) is 0.923. The van der Waals surface area contributed by atoms with Crippen LogP contribution in [0.25, 0.3) is 0 Å². The monoisotopic (exact) mass is 283 g/mol. The van der Waals surface area contributed by atoms with Gasteiger partial charge in [0, 0.05) is 11.1 Å². The molecule has 0 radical (unpaired) electrons. The van der Waals surface area contributed by atoms with Gasteiger partial charge in [-0.2, -0.15) is 0 Å². The van der Waals surface area contributed by atoms with Crippen molar-refractivity contribution in [2.45, 2.75) is 45.6 Å². The third kappa shape index (κ3) is 3.70. The molecule has 0 aliphatic heterocycles. The molecule has 1 nitrogen and oxygen atoms in total. The normalized spacial score (nSPS) is 24.6. The quantitative estimate of drug-likeness (QED) is 0.843. The van der Waals surface area contributed by atoms with Crippen LogP contribution in [0.1, 0.15) is 38.7 Å². The minimum Gasteiger partial charge on any atom is -0.314 e. The molecule has 3 atom stereocenters. The van der Waals surface area contributed by atoms with Gasteiger partial charge in [0.2, 0.25) is 0 Å². The Hall–Kier alpha value is -0.600. The average Bonchev–Trinajstić information content (AvgIpc) is 2.79. The van der Waals surface area contributed by atoms with E-state index in [1.165, 1.54) is 25.3 Å². The lowest BCUT2D eigenvalue weighted by molar-refractivity contribution is 0.298. The second kappa shape index (κ2) is 6.71. The molecule has 0 amide bonds. The van der Waals surface area contributed by atoms with Crippen molar-refractivity contribution in [1.29, 1.82) is 0 Å². The minimum atomic E-state index is -0.200. The van der Waals surface area contributed by atoms with Crippen LogP contribution in [0.15, 0.2) is 18.2 Å².